The number of hydrogen-bond donors (Lipinski definition) is 5. The summed E-state index contributed by atoms with van der Waals surface area (Å²) < 4.78 is 45.5. The third kappa shape index (κ3) is 6.89. The van der Waals surface area contributed by atoms with Crippen molar-refractivity contribution in [1.29, 1.82) is 0 Å². The first-order valence-corrected chi connectivity index (χ1v) is 16.2. The number of nitrogens with two attached hydrogens (primary N) is 1. The number of nitrogens with zero attached hydrogens (tertiary/aromatic N) is 5. The van der Waals surface area contributed by atoms with Crippen LogP contribution in [0, 0.1) is 0 Å². The second-order valence-electron chi connectivity index (χ2n) is 11.2. The lowest BCUT2D eigenvalue weighted by molar-refractivity contribution is -0.795. The van der Waals surface area contributed by atoms with Crippen LogP contribution < -0.4 is 25.8 Å². The van der Waals surface area contributed by atoms with Crippen molar-refractivity contribution >= 4 is 61.3 Å². The second-order valence-corrected chi connectivity index (χ2v) is 13.1. The first kappa shape index (κ1) is 33.0. The van der Waals surface area contributed by atoms with E-state index in [2.05, 4.69) is 34.4 Å². The highest BCUT2D eigenvalue weighted by Gasteiger charge is 2.58. The average molecular weight is 682 g/mol. The number of hydrogen-bond acceptors (Lipinski definition) is 13. The van der Waals surface area contributed by atoms with Gasteiger partial charge in [0.2, 0.25) is 6.20 Å². The van der Waals surface area contributed by atoms with E-state index in [9.17, 15) is 27.9 Å². The molecule has 0 aliphatic carbocycles. The molecule has 2 atom stereocenters. The molecule has 2 aromatic heterocycles. The Morgan fingerprint density at radius 2 is 2.04 bits per heavy atom. The van der Waals surface area contributed by atoms with Gasteiger partial charge in [0.15, 0.2) is 16.9 Å². The number of hydroxylamine groups is 2. The third-order valence-electron chi connectivity index (χ3n) is 7.70. The van der Waals surface area contributed by atoms with Crippen LogP contribution in [0.2, 0.25) is 0 Å². The van der Waals surface area contributed by atoms with Crippen molar-refractivity contribution in [3.8, 4) is 5.75 Å². The van der Waals surface area contributed by atoms with Gasteiger partial charge in [0.25, 0.3) is 17.9 Å². The number of carbonyl (C=O) groups is 3. The van der Waals surface area contributed by atoms with Gasteiger partial charge in [0, 0.05) is 31.3 Å². The SMILES string of the molecule is Cn1c2ccc(OC[C@H](O/N=C(\C(=O)NC3C(=O)N(OS(=O)(=O)O)C3(C)C)c3csc(N)n3)C(=O)O)cc2c[n+]1C1CCNCC1. The van der Waals surface area contributed by atoms with Crippen molar-refractivity contribution in [2.45, 2.75) is 50.4 Å². The van der Waals surface area contributed by atoms with Gasteiger partial charge in [-0.25, -0.2) is 9.78 Å². The van der Waals surface area contributed by atoms with E-state index in [0.717, 1.165) is 48.2 Å². The van der Waals surface area contributed by atoms with Gasteiger partial charge in [-0.1, -0.05) is 5.16 Å². The Balaban J connectivity index is 1.30. The van der Waals surface area contributed by atoms with Gasteiger partial charge in [-0.15, -0.1) is 20.3 Å². The lowest BCUT2D eigenvalue weighted by Gasteiger charge is -2.50. The third-order valence-corrected chi connectivity index (χ3v) is 8.71. The number of carboxylic acids is 1. The number of aliphatic carboxylic acids is 1. The van der Waals surface area contributed by atoms with Crippen LogP contribution in [0.4, 0.5) is 5.13 Å². The van der Waals surface area contributed by atoms with Crippen molar-refractivity contribution in [2.75, 3.05) is 25.4 Å². The zero-order valence-corrected chi connectivity index (χ0v) is 26.6. The summed E-state index contributed by atoms with van der Waals surface area (Å²) in [5.74, 6) is -3.03. The molecule has 0 saturated carbocycles. The Hall–Kier alpha value is -4.37. The molecular weight excluding hydrogens is 648 g/mol. The van der Waals surface area contributed by atoms with Gasteiger partial charge >= 0.3 is 16.4 Å². The van der Waals surface area contributed by atoms with E-state index in [1.54, 1.807) is 12.1 Å². The van der Waals surface area contributed by atoms with E-state index < -0.39 is 58.2 Å². The number of rotatable bonds is 12. The molecule has 0 bridgehead atoms. The summed E-state index contributed by atoms with van der Waals surface area (Å²) in [5.41, 5.74) is 4.68. The van der Waals surface area contributed by atoms with Gasteiger partial charge in [0.1, 0.15) is 29.6 Å². The van der Waals surface area contributed by atoms with E-state index in [0.29, 0.717) is 16.9 Å². The normalized spacial score (nSPS) is 19.5. The van der Waals surface area contributed by atoms with Crippen LogP contribution in [0.1, 0.15) is 38.4 Å². The predicted octanol–water partition coefficient (Wildman–Crippen LogP) is -0.478. The standard InChI is InChI=1S/C26H32N8O10S2/c1-26(2)21(23(36)34(26)44-46(39,40)41)30-22(35)20(17-13-45-25(27)29-17)31-43-19(24(37)38)12-42-16-4-5-18-14(10-16)11-33(32(18)3)15-6-8-28-9-7-15/h4-5,10-11,13,15,19,21,28H,6-9,12H2,1-3H3,(H4-,27,29,30,35,37,38,39,40,41)/p+1/b31-20-/t19-,21?/m0/s1. The molecule has 2 fully saturated rings. The maximum Gasteiger partial charge on any atom is 0.418 e. The Kier molecular flexibility index (Phi) is 9.18. The minimum absolute atomic E-state index is 0.0687. The zero-order chi connectivity index (χ0) is 33.4. The van der Waals surface area contributed by atoms with E-state index in [-0.39, 0.29) is 10.8 Å². The molecule has 3 aromatic rings. The number of fused-ring (bicyclic) bond motifs is 1. The van der Waals surface area contributed by atoms with Crippen LogP contribution in [-0.4, -0.2) is 93.7 Å². The molecular formula is C26H33N8O10S2+. The molecule has 46 heavy (non-hydrogen) atoms. The Morgan fingerprint density at radius 1 is 1.33 bits per heavy atom. The number of oxime groups is 1. The molecule has 1 aromatic carbocycles. The number of piperidine rings is 1. The van der Waals surface area contributed by atoms with Crippen LogP contribution in [-0.2, 0) is 41.0 Å². The average Bonchev–Trinajstić information content (AvgIpc) is 3.58. The topological polar surface area (TPSA) is 241 Å². The number of benzene rings is 1. The fourth-order valence-corrected chi connectivity index (χ4v) is 6.25. The summed E-state index contributed by atoms with van der Waals surface area (Å²) in [4.78, 5) is 47.0. The molecule has 2 saturated heterocycles. The summed E-state index contributed by atoms with van der Waals surface area (Å²) in [6.07, 6.45) is 2.37. The summed E-state index contributed by atoms with van der Waals surface area (Å²) in [6, 6.07) is 4.40. The number of ether oxygens (including phenoxy) is 1. The molecule has 2 aliphatic heterocycles. The Bertz CT molecular complexity index is 1800. The van der Waals surface area contributed by atoms with Crippen LogP contribution >= 0.6 is 11.3 Å². The van der Waals surface area contributed by atoms with E-state index >= 15 is 0 Å². The highest BCUT2D eigenvalue weighted by atomic mass is 32.3. The summed E-state index contributed by atoms with van der Waals surface area (Å²) in [7, 11) is -3.03. The van der Waals surface area contributed by atoms with Gasteiger partial charge in [-0.05, 0) is 32.0 Å². The fourth-order valence-electron chi connectivity index (χ4n) is 5.25. The van der Waals surface area contributed by atoms with Crippen molar-refractivity contribution in [3.63, 3.8) is 0 Å². The number of carboxylic acid groups (broad SMARTS) is 1. The molecule has 18 nitrogen and oxygen atoms in total. The molecule has 2 aliphatic rings. The number of aryl methyl sites for hydroxylation is 1. The largest absolute Gasteiger partial charge is 0.489 e. The van der Waals surface area contributed by atoms with Crippen LogP contribution in [0.3, 0.4) is 0 Å². The minimum atomic E-state index is -5.01. The number of anilines is 1. The number of carbonyl (C=O) groups excluding carboxylic acids is 2. The monoisotopic (exact) mass is 681 g/mol. The molecule has 0 spiro atoms. The van der Waals surface area contributed by atoms with Crippen molar-refractivity contribution < 1.29 is 51.0 Å². The predicted molar refractivity (Wildman–Crippen MR) is 161 cm³/mol. The maximum absolute atomic E-state index is 13.2. The van der Waals surface area contributed by atoms with Crippen molar-refractivity contribution in [2.24, 2.45) is 12.2 Å². The van der Waals surface area contributed by atoms with Crippen molar-refractivity contribution in [1.82, 2.24) is 25.4 Å². The number of thiazole rings is 1. The quantitative estimate of drug-likeness (QED) is 0.0534. The maximum atomic E-state index is 13.2. The molecule has 0 radical (unpaired) electrons. The summed E-state index contributed by atoms with van der Waals surface area (Å²) in [6.45, 7) is 4.14. The number of β-lactam (4-membered cyclic amide) rings is 1. The van der Waals surface area contributed by atoms with Crippen LogP contribution in [0.25, 0.3) is 10.9 Å². The second kappa shape index (κ2) is 12.8. The van der Waals surface area contributed by atoms with Gasteiger partial charge in [-0.3, -0.25) is 14.1 Å². The van der Waals surface area contributed by atoms with Gasteiger partial charge in [-0.2, -0.15) is 18.2 Å². The molecule has 1 unspecified atom stereocenters. The highest BCUT2D eigenvalue weighted by Crippen LogP contribution is 2.33. The lowest BCUT2D eigenvalue weighted by Crippen LogP contribution is -2.76. The number of nitrogen functional groups attached to an aromatic ring is 1. The molecule has 248 valence electrons. The van der Waals surface area contributed by atoms with Gasteiger partial charge < -0.3 is 31.0 Å². The molecule has 2 amide bonds. The first-order valence-electron chi connectivity index (χ1n) is 14.0. The number of aromatic nitrogens is 3. The minimum Gasteiger partial charge on any atom is -0.489 e. The van der Waals surface area contributed by atoms with Gasteiger partial charge in [0.05, 0.1) is 18.0 Å². The first-order chi connectivity index (χ1) is 21.7. The number of amides is 2. The summed E-state index contributed by atoms with van der Waals surface area (Å²) in [5, 5.41) is 22.0. The lowest BCUT2D eigenvalue weighted by atomic mass is 9.84. The van der Waals surface area contributed by atoms with Crippen molar-refractivity contribution in [3.05, 3.63) is 35.5 Å². The Morgan fingerprint density at radius 3 is 2.65 bits per heavy atom. The number of nitrogens with one attached hydrogen (secondary N) is 2. The molecule has 6 N–H and O–H groups in total. The molecule has 20 heteroatoms. The fraction of sp³-hybridized carbons (Fsp3) is 0.462. The van der Waals surface area contributed by atoms with Crippen LogP contribution in [0.5, 0.6) is 5.75 Å². The van der Waals surface area contributed by atoms with Crippen LogP contribution in [0.15, 0.2) is 34.9 Å². The zero-order valence-electron chi connectivity index (χ0n) is 24.9. The molecule has 5 rings (SSSR count). The van der Waals surface area contributed by atoms with E-state index in [4.69, 9.17) is 19.9 Å². The molecule has 4 heterocycles. The smallest absolute Gasteiger partial charge is 0.418 e. The van der Waals surface area contributed by atoms with E-state index in [1.165, 1.54) is 19.2 Å². The Labute approximate surface area is 266 Å². The summed E-state index contributed by atoms with van der Waals surface area (Å²) >= 11 is 0.970. The highest BCUT2D eigenvalue weighted by molar-refractivity contribution is 7.80. The van der Waals surface area contributed by atoms with E-state index in [1.807, 2.05) is 19.3 Å².